The summed E-state index contributed by atoms with van der Waals surface area (Å²) in [4.78, 5) is 8.47. The Hall–Kier alpha value is -1.01. The molecule has 0 aliphatic rings. The first-order valence-electron chi connectivity index (χ1n) is 5.58. The number of aromatic nitrogens is 2. The molecule has 0 aliphatic carbocycles. The van der Waals surface area contributed by atoms with Crippen LogP contribution in [0.5, 0.6) is 0 Å². The molecule has 0 amide bonds. The molecular formula is C11H19N3O2S. The van der Waals surface area contributed by atoms with E-state index in [2.05, 4.69) is 15.3 Å². The highest BCUT2D eigenvalue weighted by Crippen LogP contribution is 2.17. The van der Waals surface area contributed by atoms with Gasteiger partial charge in [-0.15, -0.1) is 0 Å². The molecule has 0 bridgehead atoms. The molecule has 0 aromatic carbocycles. The van der Waals surface area contributed by atoms with Crippen molar-refractivity contribution >= 4 is 9.84 Å². The Kier molecular flexibility index (Phi) is 4.59. The minimum atomic E-state index is -3.16. The van der Waals surface area contributed by atoms with Crippen LogP contribution in [0, 0.1) is 6.92 Å². The summed E-state index contributed by atoms with van der Waals surface area (Å²) < 4.78 is 22.9. The number of rotatable bonds is 5. The van der Waals surface area contributed by atoms with Crippen molar-refractivity contribution in [1.82, 2.24) is 15.3 Å². The number of sulfone groups is 1. The zero-order valence-corrected chi connectivity index (χ0v) is 11.5. The Balaban J connectivity index is 3.05. The number of aryl methyl sites for hydroxylation is 1. The molecule has 0 radical (unpaired) electrons. The van der Waals surface area contributed by atoms with Crippen LogP contribution >= 0.6 is 0 Å². The van der Waals surface area contributed by atoms with Crippen LogP contribution in [0.4, 0.5) is 0 Å². The lowest BCUT2D eigenvalue weighted by Gasteiger charge is -2.11. The van der Waals surface area contributed by atoms with Gasteiger partial charge in [-0.1, -0.05) is 6.92 Å². The normalized spacial score (nSPS) is 13.6. The van der Waals surface area contributed by atoms with E-state index in [1.165, 1.54) is 6.26 Å². The SMILES string of the molecule is CCNCc1cc(C)nc(C(C)S(C)(=O)=O)n1. The van der Waals surface area contributed by atoms with Crippen molar-refractivity contribution in [3.8, 4) is 0 Å². The molecular weight excluding hydrogens is 238 g/mol. The van der Waals surface area contributed by atoms with Crippen molar-refractivity contribution in [2.75, 3.05) is 12.8 Å². The maximum absolute atomic E-state index is 11.5. The molecule has 1 rings (SSSR count). The van der Waals surface area contributed by atoms with Gasteiger partial charge in [0.1, 0.15) is 11.1 Å². The van der Waals surface area contributed by atoms with Gasteiger partial charge in [0.15, 0.2) is 9.84 Å². The van der Waals surface area contributed by atoms with Gasteiger partial charge in [0.05, 0.1) is 5.69 Å². The molecule has 0 spiro atoms. The fraction of sp³-hybridized carbons (Fsp3) is 0.636. The molecule has 6 heteroatoms. The van der Waals surface area contributed by atoms with Crippen molar-refractivity contribution in [1.29, 1.82) is 0 Å². The van der Waals surface area contributed by atoms with E-state index in [4.69, 9.17) is 0 Å². The molecule has 1 aromatic rings. The highest BCUT2D eigenvalue weighted by atomic mass is 32.2. The molecule has 0 fully saturated rings. The Morgan fingerprint density at radius 2 is 2.06 bits per heavy atom. The first-order valence-corrected chi connectivity index (χ1v) is 7.54. The fourth-order valence-corrected chi connectivity index (χ4v) is 1.86. The first kappa shape index (κ1) is 14.1. The van der Waals surface area contributed by atoms with Gasteiger partial charge >= 0.3 is 0 Å². The van der Waals surface area contributed by atoms with Crippen molar-refractivity contribution in [2.45, 2.75) is 32.6 Å². The second-order valence-corrected chi connectivity index (χ2v) is 6.48. The van der Waals surface area contributed by atoms with Crippen LogP contribution in [0.15, 0.2) is 6.07 Å². The second kappa shape index (κ2) is 5.55. The van der Waals surface area contributed by atoms with Gasteiger partial charge in [0.25, 0.3) is 0 Å². The van der Waals surface area contributed by atoms with Gasteiger partial charge in [0.2, 0.25) is 0 Å². The molecule has 5 nitrogen and oxygen atoms in total. The maximum Gasteiger partial charge on any atom is 0.157 e. The minimum Gasteiger partial charge on any atom is -0.311 e. The third-order valence-corrected chi connectivity index (χ3v) is 3.98. The lowest BCUT2D eigenvalue weighted by molar-refractivity contribution is 0.588. The van der Waals surface area contributed by atoms with Crippen LogP contribution in [-0.4, -0.2) is 31.2 Å². The van der Waals surface area contributed by atoms with E-state index in [-0.39, 0.29) is 0 Å². The van der Waals surface area contributed by atoms with Crippen LogP contribution in [0.1, 0.15) is 36.3 Å². The third-order valence-electron chi connectivity index (χ3n) is 2.49. The predicted molar refractivity (Wildman–Crippen MR) is 67.4 cm³/mol. The van der Waals surface area contributed by atoms with E-state index in [1.807, 2.05) is 19.9 Å². The van der Waals surface area contributed by atoms with Gasteiger partial charge in [-0.3, -0.25) is 0 Å². The van der Waals surface area contributed by atoms with Gasteiger partial charge in [-0.2, -0.15) is 0 Å². The summed E-state index contributed by atoms with van der Waals surface area (Å²) in [5.41, 5.74) is 1.61. The second-order valence-electron chi connectivity index (χ2n) is 4.11. The monoisotopic (exact) mass is 257 g/mol. The largest absolute Gasteiger partial charge is 0.311 e. The Morgan fingerprint density at radius 1 is 1.41 bits per heavy atom. The van der Waals surface area contributed by atoms with Crippen molar-refractivity contribution in [2.24, 2.45) is 0 Å². The topological polar surface area (TPSA) is 72.0 Å². The van der Waals surface area contributed by atoms with E-state index >= 15 is 0 Å². The quantitative estimate of drug-likeness (QED) is 0.852. The van der Waals surface area contributed by atoms with Crippen LogP contribution in [0.25, 0.3) is 0 Å². The standard InChI is InChI=1S/C11H19N3O2S/c1-5-12-7-10-6-8(2)13-11(14-10)9(3)17(4,15)16/h6,9,12H,5,7H2,1-4H3. The molecule has 1 heterocycles. The van der Waals surface area contributed by atoms with E-state index in [1.54, 1.807) is 6.92 Å². The lowest BCUT2D eigenvalue weighted by atomic mass is 10.3. The summed E-state index contributed by atoms with van der Waals surface area (Å²) in [6.45, 7) is 6.94. The van der Waals surface area contributed by atoms with Crippen LogP contribution in [0.3, 0.4) is 0 Å². The lowest BCUT2D eigenvalue weighted by Crippen LogP contribution is -2.17. The predicted octanol–water partition coefficient (Wildman–Crippen LogP) is 1.00. The number of hydrogen-bond acceptors (Lipinski definition) is 5. The maximum atomic E-state index is 11.5. The van der Waals surface area contributed by atoms with Crippen LogP contribution in [-0.2, 0) is 16.4 Å². The van der Waals surface area contributed by atoms with Crippen molar-refractivity contribution < 1.29 is 8.42 Å². The van der Waals surface area contributed by atoms with E-state index in [9.17, 15) is 8.42 Å². The summed E-state index contributed by atoms with van der Waals surface area (Å²) in [6, 6.07) is 1.86. The molecule has 96 valence electrons. The summed E-state index contributed by atoms with van der Waals surface area (Å²) in [5, 5.41) is 2.49. The molecule has 0 saturated heterocycles. The van der Waals surface area contributed by atoms with Crippen molar-refractivity contribution in [3.05, 3.63) is 23.3 Å². The first-order chi connectivity index (χ1) is 7.84. The van der Waals surface area contributed by atoms with E-state index < -0.39 is 15.1 Å². The van der Waals surface area contributed by atoms with Crippen molar-refractivity contribution in [3.63, 3.8) is 0 Å². The average Bonchev–Trinajstić information content (AvgIpc) is 2.23. The Morgan fingerprint density at radius 3 is 2.59 bits per heavy atom. The smallest absolute Gasteiger partial charge is 0.157 e. The zero-order chi connectivity index (χ0) is 13.1. The van der Waals surface area contributed by atoms with E-state index in [0.717, 1.165) is 17.9 Å². The van der Waals surface area contributed by atoms with E-state index in [0.29, 0.717) is 12.4 Å². The van der Waals surface area contributed by atoms with Gasteiger partial charge in [-0.05, 0) is 26.5 Å². The summed E-state index contributed by atoms with van der Waals surface area (Å²) in [6.07, 6.45) is 1.20. The van der Waals surface area contributed by atoms with Gasteiger partial charge in [0, 0.05) is 18.5 Å². The summed E-state index contributed by atoms with van der Waals surface area (Å²) >= 11 is 0. The molecule has 0 aliphatic heterocycles. The van der Waals surface area contributed by atoms with Gasteiger partial charge < -0.3 is 5.32 Å². The number of nitrogens with zero attached hydrogens (tertiary/aromatic N) is 2. The zero-order valence-electron chi connectivity index (χ0n) is 10.7. The third kappa shape index (κ3) is 4.05. The highest BCUT2D eigenvalue weighted by Gasteiger charge is 2.20. The minimum absolute atomic E-state index is 0.375. The van der Waals surface area contributed by atoms with Crippen LogP contribution in [0.2, 0.25) is 0 Å². The Labute approximate surface area is 103 Å². The fourth-order valence-electron chi connectivity index (χ4n) is 1.38. The molecule has 0 saturated carbocycles. The molecule has 17 heavy (non-hydrogen) atoms. The summed E-state index contributed by atoms with van der Waals surface area (Å²) in [5.74, 6) is 0.375. The molecule has 1 aromatic heterocycles. The number of hydrogen-bond donors (Lipinski definition) is 1. The average molecular weight is 257 g/mol. The summed E-state index contributed by atoms with van der Waals surface area (Å²) in [7, 11) is -3.16. The van der Waals surface area contributed by atoms with Crippen LogP contribution < -0.4 is 5.32 Å². The molecule has 1 atom stereocenters. The van der Waals surface area contributed by atoms with Gasteiger partial charge in [-0.25, -0.2) is 18.4 Å². The molecule has 1 unspecified atom stereocenters. The molecule has 1 N–H and O–H groups in total. The number of nitrogens with one attached hydrogen (secondary N) is 1. The Bertz CT molecular complexity index is 485. The highest BCUT2D eigenvalue weighted by molar-refractivity contribution is 7.90.